The third kappa shape index (κ3) is 3.72. The van der Waals surface area contributed by atoms with Crippen LogP contribution in [0.4, 0.5) is 11.4 Å². The molecule has 0 aliphatic carbocycles. The Hall–Kier alpha value is -1.34. The van der Waals surface area contributed by atoms with Crippen molar-refractivity contribution in [3.8, 4) is 0 Å². The van der Waals surface area contributed by atoms with Crippen LogP contribution < -0.4 is 0 Å². The van der Waals surface area contributed by atoms with Crippen molar-refractivity contribution < 1.29 is 19.5 Å². The normalized spacial score (nSPS) is 9.87. The van der Waals surface area contributed by atoms with Crippen molar-refractivity contribution in [2.45, 2.75) is 0 Å². The van der Waals surface area contributed by atoms with E-state index in [0.717, 1.165) is 11.4 Å². The molecule has 0 N–H and O–H groups in total. The zero-order valence-electron chi connectivity index (χ0n) is 7.94. The van der Waals surface area contributed by atoms with E-state index in [1.165, 1.54) is 0 Å². The van der Waals surface area contributed by atoms with Gasteiger partial charge in [-0.1, -0.05) is 18.2 Å². The van der Waals surface area contributed by atoms with E-state index in [0.29, 0.717) is 0 Å². The van der Waals surface area contributed by atoms with Gasteiger partial charge >= 0.3 is 19.5 Å². The number of hydrogen-bond acceptors (Lipinski definition) is 2. The Morgan fingerprint density at radius 3 is 2.20 bits per heavy atom. The standard InChI is InChI=1S/C12H9N2.Ru/c1-3-7-11(8-4-1)13-14-12-9-5-2-6-10-12;/h1-9H;/q-1;+1. The summed E-state index contributed by atoms with van der Waals surface area (Å²) in [5.41, 5.74) is 1.60. The van der Waals surface area contributed by atoms with Gasteiger partial charge in [-0.3, -0.25) is 0 Å². The van der Waals surface area contributed by atoms with Crippen LogP contribution in [0.1, 0.15) is 0 Å². The van der Waals surface area contributed by atoms with Gasteiger partial charge in [0.25, 0.3) is 0 Å². The van der Waals surface area contributed by atoms with Gasteiger partial charge in [-0.25, -0.2) is 0 Å². The molecule has 0 saturated carbocycles. The summed E-state index contributed by atoms with van der Waals surface area (Å²) in [6, 6.07) is 20.1. The molecule has 2 aromatic rings. The summed E-state index contributed by atoms with van der Waals surface area (Å²) in [6.45, 7) is 0. The summed E-state index contributed by atoms with van der Waals surface area (Å²) in [5, 5.41) is 8.12. The Morgan fingerprint density at radius 2 is 1.53 bits per heavy atom. The van der Waals surface area contributed by atoms with Gasteiger partial charge in [-0.2, -0.15) is 34.5 Å². The van der Waals surface area contributed by atoms with Crippen molar-refractivity contribution in [1.29, 1.82) is 0 Å². The fraction of sp³-hybridized carbons (Fsp3) is 0. The Kier molecular flexibility index (Phi) is 4.85. The molecule has 1 radical (unpaired) electrons. The molecule has 3 heteroatoms. The smallest absolute Gasteiger partial charge is 0.178 e. The Bertz CT molecular complexity index is 371. The van der Waals surface area contributed by atoms with Crippen molar-refractivity contribution in [3.63, 3.8) is 0 Å². The van der Waals surface area contributed by atoms with Crippen LogP contribution in [0.5, 0.6) is 0 Å². The zero-order valence-corrected chi connectivity index (χ0v) is 9.68. The molecule has 0 aromatic heterocycles. The summed E-state index contributed by atoms with van der Waals surface area (Å²) < 4.78 is 0. The monoisotopic (exact) mass is 283 g/mol. The van der Waals surface area contributed by atoms with Crippen LogP contribution in [-0.4, -0.2) is 0 Å². The van der Waals surface area contributed by atoms with Gasteiger partial charge in [-0.15, -0.1) is 6.07 Å². The van der Waals surface area contributed by atoms with Gasteiger partial charge in [0, 0.05) is 0 Å². The van der Waals surface area contributed by atoms with E-state index >= 15 is 0 Å². The summed E-state index contributed by atoms with van der Waals surface area (Å²) in [7, 11) is 0. The number of hydrogen-bond donors (Lipinski definition) is 0. The molecule has 0 spiro atoms. The Balaban J connectivity index is 0.00000112. The molecule has 0 aliphatic rings. The first kappa shape index (κ1) is 11.7. The Labute approximate surface area is 102 Å². The van der Waals surface area contributed by atoms with E-state index in [1.807, 2.05) is 54.6 Å². The largest absolute Gasteiger partial charge is 1.00 e. The molecule has 0 bridgehead atoms. The van der Waals surface area contributed by atoms with Gasteiger partial charge in [0.1, 0.15) is 0 Å². The third-order valence-corrected chi connectivity index (χ3v) is 1.72. The zero-order chi connectivity index (χ0) is 9.64. The molecule has 0 aliphatic heterocycles. The molecule has 2 rings (SSSR count). The van der Waals surface area contributed by atoms with Crippen LogP contribution in [0.25, 0.3) is 0 Å². The number of nitrogens with zero attached hydrogens (tertiary/aromatic N) is 2. The van der Waals surface area contributed by atoms with E-state index in [-0.39, 0.29) is 19.5 Å². The number of rotatable bonds is 2. The molecular formula is C12H9N2Ru. The van der Waals surface area contributed by atoms with Crippen LogP contribution in [0.2, 0.25) is 0 Å². The number of azo groups is 1. The quantitative estimate of drug-likeness (QED) is 0.453. The molecule has 2 aromatic carbocycles. The van der Waals surface area contributed by atoms with Crippen molar-refractivity contribution >= 4 is 11.4 Å². The molecule has 0 fully saturated rings. The second-order valence-corrected chi connectivity index (χ2v) is 2.78. The third-order valence-electron chi connectivity index (χ3n) is 1.72. The molecule has 0 saturated heterocycles. The molecule has 15 heavy (non-hydrogen) atoms. The second kappa shape index (κ2) is 6.20. The summed E-state index contributed by atoms with van der Waals surface area (Å²) >= 11 is 0. The van der Waals surface area contributed by atoms with Gasteiger partial charge in [0.15, 0.2) is 0 Å². The average Bonchev–Trinajstić information content (AvgIpc) is 2.29. The summed E-state index contributed by atoms with van der Waals surface area (Å²) in [4.78, 5) is 0. The van der Waals surface area contributed by atoms with Crippen LogP contribution >= 0.6 is 0 Å². The SMILES string of the molecule is [Ru+].[c-]1ccccc1N=Nc1ccccc1. The first-order chi connectivity index (χ1) is 6.95. The minimum atomic E-state index is 0. The van der Waals surface area contributed by atoms with Crippen LogP contribution in [0, 0.1) is 6.07 Å². The van der Waals surface area contributed by atoms with Gasteiger partial charge in [0.05, 0.1) is 5.69 Å². The van der Waals surface area contributed by atoms with E-state index in [1.54, 1.807) is 0 Å². The van der Waals surface area contributed by atoms with Gasteiger partial charge in [-0.05, 0) is 17.8 Å². The number of benzene rings is 2. The molecule has 0 atom stereocenters. The second-order valence-electron chi connectivity index (χ2n) is 2.78. The predicted octanol–water partition coefficient (Wildman–Crippen LogP) is 3.90. The van der Waals surface area contributed by atoms with Crippen molar-refractivity contribution in [2.75, 3.05) is 0 Å². The van der Waals surface area contributed by atoms with E-state index in [9.17, 15) is 0 Å². The van der Waals surface area contributed by atoms with Crippen LogP contribution in [0.3, 0.4) is 0 Å². The van der Waals surface area contributed by atoms with E-state index in [4.69, 9.17) is 0 Å². The summed E-state index contributed by atoms with van der Waals surface area (Å²) in [6.07, 6.45) is 0. The molecule has 75 valence electrons. The fourth-order valence-corrected chi connectivity index (χ4v) is 1.05. The topological polar surface area (TPSA) is 24.7 Å². The maximum atomic E-state index is 4.07. The average molecular weight is 282 g/mol. The van der Waals surface area contributed by atoms with Crippen molar-refractivity contribution in [2.24, 2.45) is 10.2 Å². The van der Waals surface area contributed by atoms with Gasteiger partial charge < -0.3 is 0 Å². The van der Waals surface area contributed by atoms with E-state index in [2.05, 4.69) is 16.3 Å². The Morgan fingerprint density at radius 1 is 0.800 bits per heavy atom. The van der Waals surface area contributed by atoms with E-state index < -0.39 is 0 Å². The first-order valence-electron chi connectivity index (χ1n) is 4.39. The van der Waals surface area contributed by atoms with Crippen molar-refractivity contribution in [1.82, 2.24) is 0 Å². The minimum Gasteiger partial charge on any atom is -0.178 e. The fourth-order valence-electron chi connectivity index (χ4n) is 1.05. The van der Waals surface area contributed by atoms with Crippen LogP contribution in [-0.2, 0) is 19.5 Å². The van der Waals surface area contributed by atoms with Gasteiger partial charge in [0.2, 0.25) is 0 Å². The minimum absolute atomic E-state index is 0. The first-order valence-corrected chi connectivity index (χ1v) is 4.39. The molecule has 0 amide bonds. The molecule has 0 unspecified atom stereocenters. The maximum Gasteiger partial charge on any atom is 1.00 e. The molecule has 0 heterocycles. The van der Waals surface area contributed by atoms with Crippen molar-refractivity contribution in [3.05, 3.63) is 60.7 Å². The molecular weight excluding hydrogens is 273 g/mol. The predicted molar refractivity (Wildman–Crippen MR) is 55.9 cm³/mol. The molecule has 2 nitrogen and oxygen atoms in total. The summed E-state index contributed by atoms with van der Waals surface area (Å²) in [5.74, 6) is 0. The van der Waals surface area contributed by atoms with Crippen LogP contribution in [0.15, 0.2) is 64.8 Å². The maximum absolute atomic E-state index is 4.07.